The Bertz CT molecular complexity index is 3860. The van der Waals surface area contributed by atoms with E-state index in [9.17, 15) is 0 Å². The van der Waals surface area contributed by atoms with Crippen LogP contribution >= 0.6 is 22.7 Å². The van der Waals surface area contributed by atoms with Crippen LogP contribution in [-0.2, 0) is 0 Å². The number of fused-ring (bicyclic) bond motifs is 9. The Morgan fingerprint density at radius 2 is 0.636 bits per heavy atom. The molecule has 0 bridgehead atoms. The van der Waals surface area contributed by atoms with Gasteiger partial charge in [-0.15, -0.1) is 22.7 Å². The maximum Gasteiger partial charge on any atom is 0.159 e. The number of nitrogens with zero attached hydrogens (tertiary/aromatic N) is 3. The Hall–Kier alpha value is -8.16. The van der Waals surface area contributed by atoms with Crippen LogP contribution in [-0.4, -0.2) is 0 Å². The fraction of sp³-hybridized carbons (Fsp3) is 0. The predicted molar refractivity (Wildman–Crippen MR) is 284 cm³/mol. The summed E-state index contributed by atoms with van der Waals surface area (Å²) in [6.45, 7) is 0. The van der Waals surface area contributed by atoms with Crippen LogP contribution in [0.25, 0.3) is 62.3 Å². The summed E-state index contributed by atoms with van der Waals surface area (Å²) in [6, 6.07) is 85.1. The molecule has 0 saturated carbocycles. The molecular formula is C60H39N3OS2. The third-order valence-corrected chi connectivity index (χ3v) is 14.9. The Labute approximate surface area is 389 Å². The number of benzene rings is 10. The molecule has 13 aromatic rings. The van der Waals surface area contributed by atoms with Gasteiger partial charge in [0.1, 0.15) is 5.58 Å². The number of anilines is 9. The molecule has 0 aliphatic carbocycles. The van der Waals surface area contributed by atoms with E-state index in [4.69, 9.17) is 4.42 Å². The van der Waals surface area contributed by atoms with Gasteiger partial charge in [-0.05, 0) is 127 Å². The number of thiophene rings is 2. The molecule has 312 valence electrons. The highest BCUT2D eigenvalue weighted by molar-refractivity contribution is 7.26. The van der Waals surface area contributed by atoms with E-state index < -0.39 is 0 Å². The van der Waals surface area contributed by atoms with Crippen LogP contribution in [0.1, 0.15) is 0 Å². The third-order valence-electron chi connectivity index (χ3n) is 12.6. The summed E-state index contributed by atoms with van der Waals surface area (Å²) < 4.78 is 12.3. The molecule has 13 rings (SSSR count). The summed E-state index contributed by atoms with van der Waals surface area (Å²) >= 11 is 3.68. The number of rotatable bonds is 9. The van der Waals surface area contributed by atoms with Gasteiger partial charge in [0.2, 0.25) is 0 Å². The van der Waals surface area contributed by atoms with Crippen LogP contribution < -0.4 is 14.7 Å². The third kappa shape index (κ3) is 6.49. The molecule has 66 heavy (non-hydrogen) atoms. The van der Waals surface area contributed by atoms with E-state index in [-0.39, 0.29) is 0 Å². The first kappa shape index (κ1) is 38.3. The first-order valence-corrected chi connectivity index (χ1v) is 23.8. The number of furan rings is 1. The summed E-state index contributed by atoms with van der Waals surface area (Å²) in [5.41, 5.74) is 11.0. The smallest absolute Gasteiger partial charge is 0.159 e. The van der Waals surface area contributed by atoms with E-state index in [0.717, 1.165) is 73.1 Å². The minimum absolute atomic E-state index is 0.809. The van der Waals surface area contributed by atoms with Crippen molar-refractivity contribution in [1.29, 1.82) is 0 Å². The van der Waals surface area contributed by atoms with Gasteiger partial charge in [0, 0.05) is 96.6 Å². The van der Waals surface area contributed by atoms with Gasteiger partial charge in [-0.1, -0.05) is 109 Å². The predicted octanol–water partition coefficient (Wildman–Crippen LogP) is 18.7. The van der Waals surface area contributed by atoms with Crippen molar-refractivity contribution >= 4 is 136 Å². The number of para-hydroxylation sites is 4. The molecule has 0 aliphatic rings. The molecule has 3 heterocycles. The van der Waals surface area contributed by atoms with Gasteiger partial charge in [-0.3, -0.25) is 0 Å². The van der Waals surface area contributed by atoms with Crippen molar-refractivity contribution in [2.24, 2.45) is 0 Å². The van der Waals surface area contributed by atoms with Gasteiger partial charge in [0.25, 0.3) is 0 Å². The van der Waals surface area contributed by atoms with Gasteiger partial charge in [-0.25, -0.2) is 0 Å². The number of hydrogen-bond acceptors (Lipinski definition) is 6. The zero-order valence-electron chi connectivity index (χ0n) is 35.6. The SMILES string of the molecule is c1ccc(N(c2ccccc2)c2ccc3oc4c(N(c5ccccc5)c5ccc6sc7ccccc7c6c5)cc(N(c5ccccc5)c5ccc6sc7ccccc7c6c5)cc4c3c2)cc1. The lowest BCUT2D eigenvalue weighted by Crippen LogP contribution is -2.13. The van der Waals surface area contributed by atoms with Crippen molar-refractivity contribution < 1.29 is 4.42 Å². The minimum atomic E-state index is 0.809. The second-order valence-corrected chi connectivity index (χ2v) is 18.7. The molecule has 0 radical (unpaired) electrons. The molecular weight excluding hydrogens is 843 g/mol. The van der Waals surface area contributed by atoms with E-state index in [0.29, 0.717) is 0 Å². The van der Waals surface area contributed by atoms with E-state index in [1.165, 1.54) is 40.3 Å². The average Bonchev–Trinajstić information content (AvgIpc) is 4.07. The fourth-order valence-electron chi connectivity index (χ4n) is 9.60. The lowest BCUT2D eigenvalue weighted by atomic mass is 10.0. The van der Waals surface area contributed by atoms with E-state index >= 15 is 0 Å². The monoisotopic (exact) mass is 881 g/mol. The first-order valence-electron chi connectivity index (χ1n) is 22.2. The van der Waals surface area contributed by atoms with Crippen molar-refractivity contribution in [3.63, 3.8) is 0 Å². The van der Waals surface area contributed by atoms with Crippen molar-refractivity contribution in [3.8, 4) is 0 Å². The van der Waals surface area contributed by atoms with Crippen LogP contribution in [0.15, 0.2) is 241 Å². The molecule has 0 aliphatic heterocycles. The lowest BCUT2D eigenvalue weighted by Gasteiger charge is -2.29. The second-order valence-electron chi connectivity index (χ2n) is 16.5. The highest BCUT2D eigenvalue weighted by Gasteiger charge is 2.25. The molecule has 0 N–H and O–H groups in total. The molecule has 6 heteroatoms. The van der Waals surface area contributed by atoms with E-state index in [1.54, 1.807) is 0 Å². The van der Waals surface area contributed by atoms with Gasteiger partial charge in [0.15, 0.2) is 5.58 Å². The maximum absolute atomic E-state index is 7.16. The Morgan fingerprint density at radius 3 is 1.15 bits per heavy atom. The zero-order chi connectivity index (χ0) is 43.6. The summed E-state index contributed by atoms with van der Waals surface area (Å²) in [7, 11) is 0. The van der Waals surface area contributed by atoms with E-state index in [2.05, 4.69) is 251 Å². The highest BCUT2D eigenvalue weighted by atomic mass is 32.1. The van der Waals surface area contributed by atoms with Crippen molar-refractivity contribution in [2.45, 2.75) is 0 Å². The van der Waals surface area contributed by atoms with Crippen LogP contribution in [0, 0.1) is 0 Å². The fourth-order valence-corrected chi connectivity index (χ4v) is 11.8. The van der Waals surface area contributed by atoms with Crippen LogP contribution in [0.3, 0.4) is 0 Å². The highest BCUT2D eigenvalue weighted by Crippen LogP contribution is 2.50. The van der Waals surface area contributed by atoms with Gasteiger partial charge >= 0.3 is 0 Å². The van der Waals surface area contributed by atoms with Crippen molar-refractivity contribution in [1.82, 2.24) is 0 Å². The molecule has 3 aromatic heterocycles. The second kappa shape index (κ2) is 15.8. The minimum Gasteiger partial charge on any atom is -0.454 e. The molecule has 0 saturated heterocycles. The summed E-state index contributed by atoms with van der Waals surface area (Å²) in [5, 5.41) is 7.06. The summed E-state index contributed by atoms with van der Waals surface area (Å²) in [4.78, 5) is 7.09. The Kier molecular flexibility index (Phi) is 9.18. The van der Waals surface area contributed by atoms with Crippen molar-refractivity contribution in [3.05, 3.63) is 237 Å². The van der Waals surface area contributed by atoms with Crippen LogP contribution in [0.5, 0.6) is 0 Å². The van der Waals surface area contributed by atoms with Gasteiger partial charge in [-0.2, -0.15) is 0 Å². The Balaban J connectivity index is 1.11. The quantitative estimate of drug-likeness (QED) is 0.144. The summed E-state index contributed by atoms with van der Waals surface area (Å²) in [6.07, 6.45) is 0. The van der Waals surface area contributed by atoms with Gasteiger partial charge in [0.05, 0.1) is 5.69 Å². The molecule has 0 atom stereocenters. The van der Waals surface area contributed by atoms with Crippen LogP contribution in [0.2, 0.25) is 0 Å². The molecule has 4 nitrogen and oxygen atoms in total. The molecule has 0 amide bonds. The van der Waals surface area contributed by atoms with Gasteiger partial charge < -0.3 is 19.1 Å². The molecule has 10 aromatic carbocycles. The standard InChI is InChI=1S/C60H39N3OS2/c1-5-17-40(18-6-1)61(41-19-7-2-8-20-41)44-29-32-55-50(35-44)53-38-47(62(42-21-9-3-10-22-42)45-30-33-58-51(36-45)48-25-13-15-27-56(48)65-58)39-54(60(53)64-55)63(43-23-11-4-12-24-43)46-31-34-59-52(37-46)49-26-14-16-28-57(49)66-59/h1-39H. The normalized spacial score (nSPS) is 11.6. The maximum atomic E-state index is 7.16. The van der Waals surface area contributed by atoms with Crippen molar-refractivity contribution in [2.75, 3.05) is 14.7 Å². The average molecular weight is 882 g/mol. The molecule has 0 spiro atoms. The lowest BCUT2D eigenvalue weighted by molar-refractivity contribution is 0.669. The summed E-state index contributed by atoms with van der Waals surface area (Å²) in [5.74, 6) is 0. The zero-order valence-corrected chi connectivity index (χ0v) is 37.2. The van der Waals surface area contributed by atoms with Crippen LogP contribution in [0.4, 0.5) is 51.2 Å². The Morgan fingerprint density at radius 1 is 0.258 bits per heavy atom. The topological polar surface area (TPSA) is 22.9 Å². The molecule has 0 fully saturated rings. The number of hydrogen-bond donors (Lipinski definition) is 0. The van der Waals surface area contributed by atoms with E-state index in [1.807, 2.05) is 22.7 Å². The molecule has 0 unspecified atom stereocenters. The first-order chi connectivity index (χ1) is 32.7. The largest absolute Gasteiger partial charge is 0.454 e.